The molecule has 1 saturated heterocycles. The fourth-order valence-corrected chi connectivity index (χ4v) is 4.75. The number of H-pyrrole nitrogens is 1. The summed E-state index contributed by atoms with van der Waals surface area (Å²) in [5.41, 5.74) is 2.96. The van der Waals surface area contributed by atoms with Crippen LogP contribution >= 0.6 is 12.4 Å². The number of halogens is 1. The van der Waals surface area contributed by atoms with E-state index >= 15 is 0 Å². The Balaban J connectivity index is 0.00000256. The van der Waals surface area contributed by atoms with E-state index in [0.29, 0.717) is 30.3 Å². The minimum atomic E-state index is 0. The number of aryl methyl sites for hydroxylation is 1. The highest BCUT2D eigenvalue weighted by molar-refractivity contribution is 6.02. The molecule has 0 aliphatic carbocycles. The molecule has 30 heavy (non-hydrogen) atoms. The molecular formula is C21H31ClN6O2. The molecule has 0 aromatic carbocycles. The van der Waals surface area contributed by atoms with Crippen molar-refractivity contribution in [3.63, 3.8) is 0 Å². The van der Waals surface area contributed by atoms with Crippen molar-refractivity contribution in [1.29, 1.82) is 0 Å². The minimum absolute atomic E-state index is 0. The molecule has 0 atom stereocenters. The predicted molar refractivity (Wildman–Crippen MR) is 116 cm³/mol. The number of carbonyl (C=O) groups excluding carboxylic acids is 2. The lowest BCUT2D eigenvalue weighted by atomic mass is 9.95. The SMILES string of the molecule is CCCc1c(C(=O)N2CCC(c3nnc4n3CCNC4)CC2)[nH]c(C)c1C(C)=O.Cl. The summed E-state index contributed by atoms with van der Waals surface area (Å²) in [4.78, 5) is 30.5. The number of carbonyl (C=O) groups is 2. The van der Waals surface area contributed by atoms with Crippen LogP contribution in [0.4, 0.5) is 0 Å². The van der Waals surface area contributed by atoms with Crippen LogP contribution in [0.15, 0.2) is 0 Å². The normalized spacial score (nSPS) is 16.8. The average molecular weight is 435 g/mol. The third kappa shape index (κ3) is 4.03. The van der Waals surface area contributed by atoms with Gasteiger partial charge in [-0.05, 0) is 38.7 Å². The summed E-state index contributed by atoms with van der Waals surface area (Å²) < 4.78 is 2.24. The van der Waals surface area contributed by atoms with Crippen LogP contribution in [-0.2, 0) is 19.5 Å². The monoisotopic (exact) mass is 434 g/mol. The second-order valence-electron chi connectivity index (χ2n) is 8.15. The number of nitrogens with one attached hydrogen (secondary N) is 2. The van der Waals surface area contributed by atoms with E-state index in [0.717, 1.165) is 68.2 Å². The van der Waals surface area contributed by atoms with Gasteiger partial charge in [-0.25, -0.2) is 0 Å². The van der Waals surface area contributed by atoms with Gasteiger partial charge in [0.2, 0.25) is 0 Å². The van der Waals surface area contributed by atoms with Crippen molar-refractivity contribution in [3.8, 4) is 0 Å². The van der Waals surface area contributed by atoms with E-state index in [4.69, 9.17) is 0 Å². The van der Waals surface area contributed by atoms with E-state index < -0.39 is 0 Å². The molecule has 2 aliphatic heterocycles. The first-order valence-electron chi connectivity index (χ1n) is 10.7. The second-order valence-corrected chi connectivity index (χ2v) is 8.15. The van der Waals surface area contributed by atoms with E-state index in [1.165, 1.54) is 0 Å². The van der Waals surface area contributed by atoms with Gasteiger partial charge >= 0.3 is 0 Å². The summed E-state index contributed by atoms with van der Waals surface area (Å²) in [5.74, 6) is 2.44. The highest BCUT2D eigenvalue weighted by Gasteiger charge is 2.31. The van der Waals surface area contributed by atoms with Gasteiger partial charge in [0.25, 0.3) is 5.91 Å². The largest absolute Gasteiger partial charge is 0.354 e. The van der Waals surface area contributed by atoms with Crippen LogP contribution in [-0.4, -0.2) is 56.0 Å². The topological polar surface area (TPSA) is 95.9 Å². The number of amides is 1. The standard InChI is InChI=1S/C21H30N6O2.ClH/c1-4-5-16-18(14(3)28)13(2)23-19(16)21(29)26-9-6-15(7-10-26)20-25-24-17-12-22-8-11-27(17)20;/h15,22-23H,4-12H2,1-3H3;1H. The van der Waals surface area contributed by atoms with Crippen LogP contribution in [0.1, 0.15) is 82.8 Å². The molecule has 8 nitrogen and oxygen atoms in total. The fraction of sp³-hybridized carbons (Fsp3) is 0.619. The van der Waals surface area contributed by atoms with Crippen LogP contribution in [0.25, 0.3) is 0 Å². The molecule has 1 amide bonds. The number of fused-ring (bicyclic) bond motifs is 1. The van der Waals surface area contributed by atoms with Gasteiger partial charge in [-0.2, -0.15) is 0 Å². The Kier molecular flexibility index (Phi) is 6.98. The quantitative estimate of drug-likeness (QED) is 0.705. The number of Topliss-reactive ketones (excluding diaryl/α,β-unsaturated/α-hetero) is 1. The van der Waals surface area contributed by atoms with Gasteiger partial charge in [-0.15, -0.1) is 22.6 Å². The summed E-state index contributed by atoms with van der Waals surface area (Å²) in [7, 11) is 0. The van der Waals surface area contributed by atoms with Gasteiger partial charge in [0, 0.05) is 43.4 Å². The molecule has 4 rings (SSSR count). The predicted octanol–water partition coefficient (Wildman–Crippen LogP) is 2.61. The Hall–Kier alpha value is -2.19. The maximum absolute atomic E-state index is 13.3. The molecule has 4 heterocycles. The molecule has 0 saturated carbocycles. The van der Waals surface area contributed by atoms with Crippen LogP contribution < -0.4 is 5.32 Å². The third-order valence-electron chi connectivity index (χ3n) is 6.16. The molecule has 0 unspecified atom stereocenters. The number of hydrogen-bond donors (Lipinski definition) is 2. The van der Waals surface area contributed by atoms with Gasteiger partial charge in [0.05, 0.1) is 6.54 Å². The number of rotatable bonds is 5. The first-order valence-corrected chi connectivity index (χ1v) is 10.7. The molecule has 2 aromatic heterocycles. The molecule has 164 valence electrons. The van der Waals surface area contributed by atoms with Crippen LogP contribution in [0.5, 0.6) is 0 Å². The van der Waals surface area contributed by atoms with Crippen LogP contribution in [0.2, 0.25) is 0 Å². The Morgan fingerprint density at radius 1 is 1.17 bits per heavy atom. The Bertz CT molecular complexity index is 926. The smallest absolute Gasteiger partial charge is 0.270 e. The van der Waals surface area contributed by atoms with E-state index in [-0.39, 0.29) is 24.1 Å². The molecule has 0 bridgehead atoms. The van der Waals surface area contributed by atoms with E-state index in [9.17, 15) is 9.59 Å². The minimum Gasteiger partial charge on any atom is -0.354 e. The first kappa shape index (κ1) is 22.5. The molecule has 9 heteroatoms. The number of aromatic nitrogens is 4. The highest BCUT2D eigenvalue weighted by atomic mass is 35.5. The summed E-state index contributed by atoms with van der Waals surface area (Å²) in [6.07, 6.45) is 3.41. The number of likely N-dealkylation sites (tertiary alicyclic amines) is 1. The zero-order valence-corrected chi connectivity index (χ0v) is 18.8. The van der Waals surface area contributed by atoms with Gasteiger partial charge in [-0.1, -0.05) is 13.3 Å². The maximum atomic E-state index is 13.3. The number of nitrogens with zero attached hydrogens (tertiary/aromatic N) is 4. The molecule has 2 aliphatic rings. The highest BCUT2D eigenvalue weighted by Crippen LogP contribution is 2.30. The van der Waals surface area contributed by atoms with Crippen LogP contribution in [0, 0.1) is 6.92 Å². The van der Waals surface area contributed by atoms with E-state index in [1.54, 1.807) is 6.92 Å². The molecule has 1 fully saturated rings. The lowest BCUT2D eigenvalue weighted by Crippen LogP contribution is -2.39. The summed E-state index contributed by atoms with van der Waals surface area (Å²) >= 11 is 0. The number of piperidine rings is 1. The maximum Gasteiger partial charge on any atom is 0.270 e. The summed E-state index contributed by atoms with van der Waals surface area (Å²) in [6, 6.07) is 0. The van der Waals surface area contributed by atoms with E-state index in [1.807, 2.05) is 11.8 Å². The summed E-state index contributed by atoms with van der Waals surface area (Å²) in [5, 5.41) is 12.1. The van der Waals surface area contributed by atoms with Crippen molar-refractivity contribution >= 4 is 24.1 Å². The Morgan fingerprint density at radius 3 is 2.57 bits per heavy atom. The van der Waals surface area contributed by atoms with Crippen molar-refractivity contribution in [1.82, 2.24) is 30.0 Å². The number of aromatic amines is 1. The zero-order valence-electron chi connectivity index (χ0n) is 18.0. The fourth-order valence-electron chi connectivity index (χ4n) is 4.75. The third-order valence-corrected chi connectivity index (χ3v) is 6.16. The zero-order chi connectivity index (χ0) is 20.5. The van der Waals surface area contributed by atoms with Gasteiger partial charge in [0.1, 0.15) is 17.3 Å². The molecule has 2 N–H and O–H groups in total. The summed E-state index contributed by atoms with van der Waals surface area (Å²) in [6.45, 7) is 9.54. The molecule has 0 spiro atoms. The lowest BCUT2D eigenvalue weighted by molar-refractivity contribution is 0.0703. The Labute approximate surface area is 183 Å². The average Bonchev–Trinajstić information content (AvgIpc) is 3.29. The van der Waals surface area contributed by atoms with Crippen molar-refractivity contribution in [2.45, 2.75) is 65.5 Å². The first-order chi connectivity index (χ1) is 14.0. The lowest BCUT2D eigenvalue weighted by Gasteiger charge is -2.32. The van der Waals surface area contributed by atoms with Gasteiger partial charge in [0.15, 0.2) is 5.78 Å². The van der Waals surface area contributed by atoms with Crippen molar-refractivity contribution in [2.24, 2.45) is 0 Å². The van der Waals surface area contributed by atoms with Crippen molar-refractivity contribution < 1.29 is 9.59 Å². The molecule has 2 aromatic rings. The Morgan fingerprint density at radius 2 is 1.90 bits per heavy atom. The van der Waals surface area contributed by atoms with Gasteiger partial charge in [-0.3, -0.25) is 9.59 Å². The van der Waals surface area contributed by atoms with Crippen LogP contribution in [0.3, 0.4) is 0 Å². The van der Waals surface area contributed by atoms with Crippen molar-refractivity contribution in [3.05, 3.63) is 34.2 Å². The molecule has 0 radical (unpaired) electrons. The second kappa shape index (κ2) is 9.31. The van der Waals surface area contributed by atoms with Gasteiger partial charge < -0.3 is 19.8 Å². The van der Waals surface area contributed by atoms with Crippen molar-refractivity contribution in [2.75, 3.05) is 19.6 Å². The number of hydrogen-bond acceptors (Lipinski definition) is 5. The molecular weight excluding hydrogens is 404 g/mol. The van der Waals surface area contributed by atoms with E-state index in [2.05, 4.69) is 32.0 Å². The number of ketones is 1.